The molecule has 0 unspecified atom stereocenters. The molecule has 1 N–H and O–H groups in total. The van der Waals surface area contributed by atoms with E-state index in [4.69, 9.17) is 4.74 Å². The van der Waals surface area contributed by atoms with Crippen LogP contribution >= 0.6 is 0 Å². The molecule has 1 amide bonds. The van der Waals surface area contributed by atoms with Gasteiger partial charge in [-0.2, -0.15) is 0 Å². The Labute approximate surface area is 103 Å². The number of hydrogen-bond donors (Lipinski definition) is 1. The molecule has 1 aromatic carbocycles. The third kappa shape index (κ3) is 4.89. The van der Waals surface area contributed by atoms with Gasteiger partial charge in [-0.1, -0.05) is 31.2 Å². The van der Waals surface area contributed by atoms with E-state index in [2.05, 4.69) is 18.3 Å². The van der Waals surface area contributed by atoms with Crippen molar-refractivity contribution < 1.29 is 9.53 Å². The van der Waals surface area contributed by atoms with Gasteiger partial charge in [-0.25, -0.2) is 4.79 Å². The molecule has 0 saturated heterocycles. The van der Waals surface area contributed by atoms with Crippen molar-refractivity contribution in [2.24, 2.45) is 0 Å². The van der Waals surface area contributed by atoms with Gasteiger partial charge in [0.2, 0.25) is 0 Å². The Balaban J connectivity index is 2.53. The molecule has 0 radical (unpaired) electrons. The van der Waals surface area contributed by atoms with Crippen molar-refractivity contribution in [2.45, 2.75) is 46.3 Å². The quantitative estimate of drug-likeness (QED) is 0.873. The number of benzene rings is 1. The van der Waals surface area contributed by atoms with Crippen molar-refractivity contribution in [3.05, 3.63) is 35.4 Å². The SMILES string of the molecule is CCc1ccccc1CNC(=O)OC(C)(C)C. The Bertz CT molecular complexity index is 380. The molecule has 0 fully saturated rings. The van der Waals surface area contributed by atoms with Crippen LogP contribution in [0, 0.1) is 0 Å². The van der Waals surface area contributed by atoms with Crippen LogP contribution < -0.4 is 5.32 Å². The van der Waals surface area contributed by atoms with Gasteiger partial charge in [0.15, 0.2) is 0 Å². The summed E-state index contributed by atoms with van der Waals surface area (Å²) in [6, 6.07) is 8.09. The Morgan fingerprint density at radius 2 is 1.82 bits per heavy atom. The minimum atomic E-state index is -0.450. The molecule has 3 nitrogen and oxygen atoms in total. The molecule has 0 aliphatic carbocycles. The van der Waals surface area contributed by atoms with E-state index in [-0.39, 0.29) is 6.09 Å². The molecule has 0 bridgehead atoms. The lowest BCUT2D eigenvalue weighted by atomic mass is 10.1. The number of amides is 1. The molecule has 0 aromatic heterocycles. The zero-order valence-electron chi connectivity index (χ0n) is 11.0. The zero-order valence-corrected chi connectivity index (χ0v) is 11.0. The maximum atomic E-state index is 11.5. The van der Waals surface area contributed by atoms with E-state index in [1.807, 2.05) is 39.0 Å². The second kappa shape index (κ2) is 5.71. The van der Waals surface area contributed by atoms with E-state index >= 15 is 0 Å². The highest BCUT2D eigenvalue weighted by atomic mass is 16.6. The highest BCUT2D eigenvalue weighted by Crippen LogP contribution is 2.10. The first-order valence-corrected chi connectivity index (χ1v) is 5.96. The third-order valence-electron chi connectivity index (χ3n) is 2.32. The number of ether oxygens (including phenoxy) is 1. The first kappa shape index (κ1) is 13.6. The lowest BCUT2D eigenvalue weighted by molar-refractivity contribution is 0.0523. The van der Waals surface area contributed by atoms with Crippen molar-refractivity contribution >= 4 is 6.09 Å². The fourth-order valence-electron chi connectivity index (χ4n) is 1.56. The van der Waals surface area contributed by atoms with Crippen molar-refractivity contribution in [3.8, 4) is 0 Å². The first-order valence-electron chi connectivity index (χ1n) is 5.96. The van der Waals surface area contributed by atoms with Gasteiger partial charge in [-0.15, -0.1) is 0 Å². The molecule has 0 atom stereocenters. The molecular formula is C14H21NO2. The zero-order chi connectivity index (χ0) is 12.9. The molecule has 1 aromatic rings. The maximum absolute atomic E-state index is 11.5. The first-order chi connectivity index (χ1) is 7.92. The molecule has 94 valence electrons. The smallest absolute Gasteiger partial charge is 0.407 e. The summed E-state index contributed by atoms with van der Waals surface area (Å²) >= 11 is 0. The summed E-state index contributed by atoms with van der Waals surface area (Å²) in [4.78, 5) is 11.5. The fourth-order valence-corrected chi connectivity index (χ4v) is 1.56. The van der Waals surface area contributed by atoms with Crippen LogP contribution in [-0.2, 0) is 17.7 Å². The number of aryl methyl sites for hydroxylation is 1. The van der Waals surface area contributed by atoms with E-state index in [0.717, 1.165) is 12.0 Å². The second-order valence-electron chi connectivity index (χ2n) is 4.98. The number of carbonyl (C=O) groups is 1. The fraction of sp³-hybridized carbons (Fsp3) is 0.500. The molecule has 0 aliphatic rings. The van der Waals surface area contributed by atoms with Gasteiger partial charge in [0, 0.05) is 6.54 Å². The highest BCUT2D eigenvalue weighted by molar-refractivity contribution is 5.67. The summed E-state index contributed by atoms with van der Waals surface area (Å²) in [5, 5.41) is 2.77. The molecule has 0 saturated carbocycles. The predicted molar refractivity (Wildman–Crippen MR) is 68.9 cm³/mol. The van der Waals surface area contributed by atoms with E-state index in [1.165, 1.54) is 5.56 Å². The van der Waals surface area contributed by atoms with Gasteiger partial charge in [0.25, 0.3) is 0 Å². The number of carbonyl (C=O) groups excluding carboxylic acids is 1. The molecule has 1 rings (SSSR count). The molecule has 17 heavy (non-hydrogen) atoms. The molecule has 3 heteroatoms. The second-order valence-corrected chi connectivity index (χ2v) is 4.98. The molecular weight excluding hydrogens is 214 g/mol. The normalized spacial score (nSPS) is 11.1. The Morgan fingerprint density at radius 1 is 1.24 bits per heavy atom. The van der Waals surface area contributed by atoms with Crippen LogP contribution in [0.2, 0.25) is 0 Å². The monoisotopic (exact) mass is 235 g/mol. The van der Waals surface area contributed by atoms with Gasteiger partial charge in [0.05, 0.1) is 0 Å². The summed E-state index contributed by atoms with van der Waals surface area (Å²) in [7, 11) is 0. The lowest BCUT2D eigenvalue weighted by Gasteiger charge is -2.20. The standard InChI is InChI=1S/C14H21NO2/c1-5-11-8-6-7-9-12(11)10-15-13(16)17-14(2,3)4/h6-9H,5,10H2,1-4H3,(H,15,16). The summed E-state index contributed by atoms with van der Waals surface area (Å²) in [6.07, 6.45) is 0.593. The maximum Gasteiger partial charge on any atom is 0.407 e. The Morgan fingerprint density at radius 3 is 2.35 bits per heavy atom. The van der Waals surface area contributed by atoms with E-state index in [0.29, 0.717) is 6.54 Å². The van der Waals surface area contributed by atoms with Gasteiger partial charge in [-0.05, 0) is 38.3 Å². The van der Waals surface area contributed by atoms with E-state index in [1.54, 1.807) is 0 Å². The van der Waals surface area contributed by atoms with Crippen molar-refractivity contribution in [3.63, 3.8) is 0 Å². The molecule has 0 heterocycles. The van der Waals surface area contributed by atoms with Crippen LogP contribution in [0.25, 0.3) is 0 Å². The Hall–Kier alpha value is -1.51. The van der Waals surface area contributed by atoms with E-state index < -0.39 is 5.60 Å². The van der Waals surface area contributed by atoms with Crippen LogP contribution in [0.1, 0.15) is 38.8 Å². The number of hydrogen-bond acceptors (Lipinski definition) is 2. The predicted octanol–water partition coefficient (Wildman–Crippen LogP) is 3.27. The average molecular weight is 235 g/mol. The van der Waals surface area contributed by atoms with Gasteiger partial charge < -0.3 is 10.1 Å². The summed E-state index contributed by atoms with van der Waals surface area (Å²) in [5.74, 6) is 0. The van der Waals surface area contributed by atoms with Crippen LogP contribution in [0.3, 0.4) is 0 Å². The van der Waals surface area contributed by atoms with Crippen molar-refractivity contribution in [2.75, 3.05) is 0 Å². The average Bonchev–Trinajstić information content (AvgIpc) is 2.24. The van der Waals surface area contributed by atoms with Crippen LogP contribution in [0.4, 0.5) is 4.79 Å². The molecule has 0 aliphatic heterocycles. The van der Waals surface area contributed by atoms with Gasteiger partial charge in [0.1, 0.15) is 5.60 Å². The highest BCUT2D eigenvalue weighted by Gasteiger charge is 2.15. The van der Waals surface area contributed by atoms with E-state index in [9.17, 15) is 4.79 Å². The van der Waals surface area contributed by atoms with Gasteiger partial charge >= 0.3 is 6.09 Å². The minimum absolute atomic E-state index is 0.372. The number of nitrogens with one attached hydrogen (secondary N) is 1. The van der Waals surface area contributed by atoms with Crippen molar-refractivity contribution in [1.82, 2.24) is 5.32 Å². The number of rotatable bonds is 3. The summed E-state index contributed by atoms with van der Waals surface area (Å²) < 4.78 is 5.18. The van der Waals surface area contributed by atoms with Crippen LogP contribution in [-0.4, -0.2) is 11.7 Å². The number of alkyl carbamates (subject to hydrolysis) is 1. The van der Waals surface area contributed by atoms with Crippen molar-refractivity contribution in [1.29, 1.82) is 0 Å². The largest absolute Gasteiger partial charge is 0.444 e. The summed E-state index contributed by atoms with van der Waals surface area (Å²) in [6.45, 7) is 8.18. The summed E-state index contributed by atoms with van der Waals surface area (Å²) in [5.41, 5.74) is 1.94. The third-order valence-corrected chi connectivity index (χ3v) is 2.32. The van der Waals surface area contributed by atoms with Crippen LogP contribution in [0.15, 0.2) is 24.3 Å². The minimum Gasteiger partial charge on any atom is -0.444 e. The molecule has 0 spiro atoms. The van der Waals surface area contributed by atoms with Crippen LogP contribution in [0.5, 0.6) is 0 Å². The topological polar surface area (TPSA) is 38.3 Å². The lowest BCUT2D eigenvalue weighted by Crippen LogP contribution is -2.32. The van der Waals surface area contributed by atoms with Gasteiger partial charge in [-0.3, -0.25) is 0 Å². The Kier molecular flexibility index (Phi) is 4.55.